The van der Waals surface area contributed by atoms with Crippen LogP contribution in [0.4, 0.5) is 5.69 Å². The van der Waals surface area contributed by atoms with Gasteiger partial charge in [-0.05, 0) is 31.2 Å². The SMILES string of the molecule is Cc1nc(Cl)ccc1NCc1ccc(Cl)s1. The fraction of sp³-hybridized carbons (Fsp3) is 0.182. The predicted molar refractivity (Wildman–Crippen MR) is 70.6 cm³/mol. The molecule has 2 heterocycles. The van der Waals surface area contributed by atoms with Gasteiger partial charge in [-0.3, -0.25) is 0 Å². The molecule has 0 saturated heterocycles. The van der Waals surface area contributed by atoms with Crippen LogP contribution in [0.5, 0.6) is 0 Å². The number of thiophene rings is 1. The van der Waals surface area contributed by atoms with Crippen molar-refractivity contribution in [1.82, 2.24) is 4.98 Å². The minimum atomic E-state index is 0.516. The largest absolute Gasteiger partial charge is 0.379 e. The third-order valence-electron chi connectivity index (χ3n) is 2.13. The summed E-state index contributed by atoms with van der Waals surface area (Å²) in [6.45, 7) is 2.68. The fourth-order valence-corrected chi connectivity index (χ4v) is 2.56. The normalized spacial score (nSPS) is 10.4. The minimum absolute atomic E-state index is 0.516. The Kier molecular flexibility index (Phi) is 3.69. The van der Waals surface area contributed by atoms with Crippen LogP contribution in [0.1, 0.15) is 10.6 Å². The summed E-state index contributed by atoms with van der Waals surface area (Å²) in [5, 5.41) is 3.82. The lowest BCUT2D eigenvalue weighted by Gasteiger charge is -2.07. The molecule has 0 saturated carbocycles. The Labute approximate surface area is 108 Å². The summed E-state index contributed by atoms with van der Waals surface area (Å²) >= 11 is 13.2. The summed E-state index contributed by atoms with van der Waals surface area (Å²) in [7, 11) is 0. The van der Waals surface area contributed by atoms with Gasteiger partial charge in [-0.15, -0.1) is 11.3 Å². The highest BCUT2D eigenvalue weighted by Gasteiger charge is 2.02. The minimum Gasteiger partial charge on any atom is -0.379 e. The van der Waals surface area contributed by atoms with Gasteiger partial charge in [-0.25, -0.2) is 4.98 Å². The molecular weight excluding hydrogens is 263 g/mol. The molecule has 0 aromatic carbocycles. The number of rotatable bonds is 3. The quantitative estimate of drug-likeness (QED) is 0.840. The van der Waals surface area contributed by atoms with Crippen LogP contribution in [-0.2, 0) is 6.54 Å². The average Bonchev–Trinajstić information content (AvgIpc) is 2.63. The molecule has 84 valence electrons. The molecule has 0 aliphatic rings. The summed E-state index contributed by atoms with van der Waals surface area (Å²) in [5.41, 5.74) is 1.89. The van der Waals surface area contributed by atoms with Crippen molar-refractivity contribution in [2.45, 2.75) is 13.5 Å². The Morgan fingerprint density at radius 1 is 1.25 bits per heavy atom. The van der Waals surface area contributed by atoms with E-state index in [1.807, 2.05) is 25.1 Å². The maximum absolute atomic E-state index is 5.86. The Bertz CT molecular complexity index is 496. The van der Waals surface area contributed by atoms with Crippen molar-refractivity contribution in [1.29, 1.82) is 0 Å². The first-order chi connectivity index (χ1) is 7.65. The lowest BCUT2D eigenvalue weighted by molar-refractivity contribution is 1.13. The summed E-state index contributed by atoms with van der Waals surface area (Å²) in [4.78, 5) is 5.37. The maximum atomic E-state index is 5.86. The molecule has 0 atom stereocenters. The Hall–Kier alpha value is -0.770. The number of halogens is 2. The highest BCUT2D eigenvalue weighted by Crippen LogP contribution is 2.23. The molecule has 16 heavy (non-hydrogen) atoms. The third-order valence-corrected chi connectivity index (χ3v) is 3.58. The molecule has 5 heteroatoms. The zero-order valence-corrected chi connectivity index (χ0v) is 11.0. The van der Waals surface area contributed by atoms with Gasteiger partial charge in [0.15, 0.2) is 0 Å². The third kappa shape index (κ3) is 2.88. The summed E-state index contributed by atoms with van der Waals surface area (Å²) in [6.07, 6.45) is 0. The maximum Gasteiger partial charge on any atom is 0.129 e. The molecule has 0 bridgehead atoms. The molecule has 0 spiro atoms. The van der Waals surface area contributed by atoms with E-state index < -0.39 is 0 Å². The van der Waals surface area contributed by atoms with Crippen molar-refractivity contribution in [3.05, 3.63) is 44.3 Å². The van der Waals surface area contributed by atoms with Gasteiger partial charge in [0.25, 0.3) is 0 Å². The number of nitrogens with one attached hydrogen (secondary N) is 1. The molecule has 1 N–H and O–H groups in total. The van der Waals surface area contributed by atoms with Crippen LogP contribution in [0.2, 0.25) is 9.49 Å². The Morgan fingerprint density at radius 2 is 2.06 bits per heavy atom. The second-order valence-electron chi connectivity index (χ2n) is 3.33. The second kappa shape index (κ2) is 5.04. The topological polar surface area (TPSA) is 24.9 Å². The standard InChI is InChI=1S/C11H10Cl2N2S/c1-7-9(3-4-10(12)15-7)14-6-8-2-5-11(13)16-8/h2-5,14H,6H2,1H3. The van der Waals surface area contributed by atoms with Crippen molar-refractivity contribution >= 4 is 40.2 Å². The Morgan fingerprint density at radius 3 is 2.69 bits per heavy atom. The van der Waals surface area contributed by atoms with E-state index in [0.29, 0.717) is 5.15 Å². The molecule has 2 aromatic rings. The number of hydrogen-bond acceptors (Lipinski definition) is 3. The van der Waals surface area contributed by atoms with Gasteiger partial charge in [0.2, 0.25) is 0 Å². The van der Waals surface area contributed by atoms with Crippen molar-refractivity contribution < 1.29 is 0 Å². The van der Waals surface area contributed by atoms with Gasteiger partial charge in [-0.1, -0.05) is 23.2 Å². The zero-order valence-electron chi connectivity index (χ0n) is 8.63. The first-order valence-corrected chi connectivity index (χ1v) is 6.33. The number of anilines is 1. The fourth-order valence-electron chi connectivity index (χ4n) is 1.35. The average molecular weight is 273 g/mol. The van der Waals surface area contributed by atoms with E-state index in [9.17, 15) is 0 Å². The number of hydrogen-bond donors (Lipinski definition) is 1. The van der Waals surface area contributed by atoms with E-state index in [0.717, 1.165) is 22.3 Å². The predicted octanol–water partition coefficient (Wildman–Crippen LogP) is 4.37. The number of pyridine rings is 1. The van der Waals surface area contributed by atoms with Gasteiger partial charge in [0, 0.05) is 11.4 Å². The van der Waals surface area contributed by atoms with E-state index >= 15 is 0 Å². The monoisotopic (exact) mass is 272 g/mol. The molecule has 0 radical (unpaired) electrons. The van der Waals surface area contributed by atoms with E-state index in [1.165, 1.54) is 4.88 Å². The first-order valence-electron chi connectivity index (χ1n) is 4.76. The zero-order chi connectivity index (χ0) is 11.5. The van der Waals surface area contributed by atoms with Crippen LogP contribution in [0, 0.1) is 6.92 Å². The van der Waals surface area contributed by atoms with Crippen LogP contribution in [0.25, 0.3) is 0 Å². The van der Waals surface area contributed by atoms with Gasteiger partial charge in [0.1, 0.15) is 5.15 Å². The van der Waals surface area contributed by atoms with Gasteiger partial charge in [-0.2, -0.15) is 0 Å². The molecule has 2 aromatic heterocycles. The summed E-state index contributed by atoms with van der Waals surface area (Å²) < 4.78 is 0.808. The van der Waals surface area contributed by atoms with Crippen LogP contribution in [0.15, 0.2) is 24.3 Å². The highest BCUT2D eigenvalue weighted by molar-refractivity contribution is 7.16. The smallest absolute Gasteiger partial charge is 0.129 e. The molecule has 0 amide bonds. The molecule has 0 unspecified atom stereocenters. The summed E-state index contributed by atoms with van der Waals surface area (Å²) in [6, 6.07) is 7.62. The van der Waals surface area contributed by atoms with Crippen molar-refractivity contribution in [2.24, 2.45) is 0 Å². The molecule has 0 fully saturated rings. The second-order valence-corrected chi connectivity index (χ2v) is 5.51. The van der Waals surface area contributed by atoms with Crippen LogP contribution < -0.4 is 5.32 Å². The molecule has 0 aliphatic carbocycles. The van der Waals surface area contributed by atoms with Crippen LogP contribution in [0.3, 0.4) is 0 Å². The van der Waals surface area contributed by atoms with E-state index in [1.54, 1.807) is 17.4 Å². The van der Waals surface area contributed by atoms with Crippen molar-refractivity contribution in [2.75, 3.05) is 5.32 Å². The Balaban J connectivity index is 2.04. The lowest BCUT2D eigenvalue weighted by atomic mass is 10.3. The van der Waals surface area contributed by atoms with E-state index in [-0.39, 0.29) is 0 Å². The highest BCUT2D eigenvalue weighted by atomic mass is 35.5. The van der Waals surface area contributed by atoms with E-state index in [2.05, 4.69) is 10.3 Å². The molecule has 2 nitrogen and oxygen atoms in total. The first kappa shape index (κ1) is 11.7. The number of aryl methyl sites for hydroxylation is 1. The van der Waals surface area contributed by atoms with E-state index in [4.69, 9.17) is 23.2 Å². The van der Waals surface area contributed by atoms with Crippen LogP contribution >= 0.6 is 34.5 Å². The number of nitrogens with zero attached hydrogens (tertiary/aromatic N) is 1. The van der Waals surface area contributed by atoms with Gasteiger partial charge < -0.3 is 5.32 Å². The molecular formula is C11H10Cl2N2S. The van der Waals surface area contributed by atoms with Gasteiger partial charge in [0.05, 0.1) is 15.7 Å². The van der Waals surface area contributed by atoms with Gasteiger partial charge >= 0.3 is 0 Å². The van der Waals surface area contributed by atoms with Crippen LogP contribution in [-0.4, -0.2) is 4.98 Å². The summed E-state index contributed by atoms with van der Waals surface area (Å²) in [5.74, 6) is 0. The van der Waals surface area contributed by atoms with Crippen molar-refractivity contribution in [3.8, 4) is 0 Å². The molecule has 0 aliphatic heterocycles. The number of aromatic nitrogens is 1. The molecule has 2 rings (SSSR count). The van der Waals surface area contributed by atoms with Crippen molar-refractivity contribution in [3.63, 3.8) is 0 Å². The lowest BCUT2D eigenvalue weighted by Crippen LogP contribution is -2.00.